The van der Waals surface area contributed by atoms with Crippen molar-refractivity contribution < 1.29 is 29.6 Å². The maximum atomic E-state index is 4.08. The molecule has 0 aromatic heterocycles. The molecule has 0 unspecified atom stereocenters. The second-order valence-electron chi connectivity index (χ2n) is 7.99. The fourth-order valence-electron chi connectivity index (χ4n) is 3.51. The minimum atomic E-state index is 0. The van der Waals surface area contributed by atoms with Crippen molar-refractivity contribution in [1.29, 1.82) is 0 Å². The van der Waals surface area contributed by atoms with Crippen LogP contribution in [0, 0.1) is 27.7 Å². The summed E-state index contributed by atoms with van der Waals surface area (Å²) in [7, 11) is 0. The molecule has 0 nitrogen and oxygen atoms in total. The maximum Gasteiger partial charge on any atom is 1.00 e. The maximum absolute atomic E-state index is 4.08. The molecule has 0 radical (unpaired) electrons. The summed E-state index contributed by atoms with van der Waals surface area (Å²) < 4.78 is 2.52. The zero-order valence-electron chi connectivity index (χ0n) is 21.5. The van der Waals surface area contributed by atoms with Gasteiger partial charge in [-0.3, -0.25) is 0 Å². The fourth-order valence-corrected chi connectivity index (χ4v) is 4.47. The van der Waals surface area contributed by atoms with Crippen molar-refractivity contribution in [2.75, 3.05) is 18.3 Å². The van der Waals surface area contributed by atoms with Crippen LogP contribution < -0.4 is 29.6 Å². The molecule has 2 aromatic carbocycles. The van der Waals surface area contributed by atoms with Gasteiger partial charge in [0.25, 0.3) is 0 Å². The Morgan fingerprint density at radius 3 is 1.34 bits per heavy atom. The van der Waals surface area contributed by atoms with Crippen molar-refractivity contribution in [3.05, 3.63) is 66.6 Å². The number of thioether (sulfide) groups is 1. The third-order valence-corrected chi connectivity index (χ3v) is 8.32. The first-order chi connectivity index (χ1) is 14.8. The Kier molecular flexibility index (Phi) is 23.6. The van der Waals surface area contributed by atoms with Crippen molar-refractivity contribution in [2.24, 2.45) is 0 Å². The van der Waals surface area contributed by atoms with Crippen LogP contribution in [-0.4, -0.2) is 18.3 Å². The molecule has 0 saturated carbocycles. The van der Waals surface area contributed by atoms with Crippen LogP contribution >= 0.6 is 43.6 Å². The predicted octanol–water partition coefficient (Wildman–Crippen LogP) is 6.72. The first-order valence-electron chi connectivity index (χ1n) is 11.2. The van der Waals surface area contributed by atoms with Gasteiger partial charge in [-0.15, -0.1) is 0 Å². The molecular weight excluding hydrogens is 571 g/mol. The van der Waals surface area contributed by atoms with Crippen molar-refractivity contribution in [1.82, 2.24) is 0 Å². The van der Waals surface area contributed by atoms with Gasteiger partial charge < -0.3 is 12.6 Å². The van der Waals surface area contributed by atoms with E-state index in [1.807, 2.05) is 11.8 Å². The van der Waals surface area contributed by atoms with Crippen LogP contribution in [-0.2, 0) is 25.5 Å². The molecule has 0 aliphatic heterocycles. The fraction of sp³-hybridized carbons (Fsp3) is 0.556. The molecule has 0 bridgehead atoms. The smallest absolute Gasteiger partial charge is 0.796 e. The number of rotatable bonds is 9. The molecule has 0 spiro atoms. The van der Waals surface area contributed by atoms with E-state index in [0.717, 1.165) is 0 Å². The molecule has 0 amide bonds. The van der Waals surface area contributed by atoms with Gasteiger partial charge in [0.2, 0.25) is 0 Å². The van der Waals surface area contributed by atoms with E-state index >= 15 is 0 Å². The average Bonchev–Trinajstić information content (AvgIpc) is 2.75. The summed E-state index contributed by atoms with van der Waals surface area (Å²) >= 11 is 13.2. The van der Waals surface area contributed by atoms with E-state index in [1.165, 1.54) is 93.0 Å². The minimum Gasteiger partial charge on any atom is -0.796 e. The van der Waals surface area contributed by atoms with Gasteiger partial charge in [0.15, 0.2) is 0 Å². The Hall–Kier alpha value is 1.10. The molecule has 0 atom stereocenters. The second kappa shape index (κ2) is 21.4. The van der Waals surface area contributed by atoms with Gasteiger partial charge in [0.1, 0.15) is 0 Å². The van der Waals surface area contributed by atoms with Gasteiger partial charge in [-0.1, -0.05) is 75.9 Å². The third-order valence-electron chi connectivity index (χ3n) is 5.13. The molecule has 2 aromatic rings. The van der Waals surface area contributed by atoms with E-state index < -0.39 is 0 Å². The van der Waals surface area contributed by atoms with Gasteiger partial charge in [0.05, 0.1) is 0 Å². The van der Waals surface area contributed by atoms with Crippen LogP contribution in [0.25, 0.3) is 0 Å². The Labute approximate surface area is 247 Å². The molecule has 0 saturated heterocycles. The summed E-state index contributed by atoms with van der Waals surface area (Å²) in [4.78, 5) is 0. The molecule has 0 N–H and O–H groups in total. The van der Waals surface area contributed by atoms with E-state index in [2.05, 4.69) is 110 Å². The summed E-state index contributed by atoms with van der Waals surface area (Å²) in [5, 5.41) is 0. The van der Waals surface area contributed by atoms with Gasteiger partial charge in [0, 0.05) is 8.95 Å². The molecule has 0 heterocycles. The molecular formula is C27H41Br2NaS2. The summed E-state index contributed by atoms with van der Waals surface area (Å²) in [5.74, 6) is 1.29. The van der Waals surface area contributed by atoms with Crippen LogP contribution in [0.4, 0.5) is 0 Å². The van der Waals surface area contributed by atoms with Crippen molar-refractivity contribution in [3.8, 4) is 0 Å². The predicted molar refractivity (Wildman–Crippen MR) is 155 cm³/mol. The summed E-state index contributed by atoms with van der Waals surface area (Å²) in [5.41, 5.74) is 8.39. The molecule has 176 valence electrons. The van der Waals surface area contributed by atoms with Crippen molar-refractivity contribution in [2.45, 2.75) is 79.6 Å². The topological polar surface area (TPSA) is 0 Å². The minimum absolute atomic E-state index is 0. The van der Waals surface area contributed by atoms with Crippen molar-refractivity contribution >= 4 is 56.3 Å². The molecule has 0 aliphatic carbocycles. The second-order valence-corrected chi connectivity index (χ2v) is 10.6. The zero-order valence-corrected chi connectivity index (χ0v) is 28.3. The summed E-state index contributed by atoms with van der Waals surface area (Å²) in [6, 6.07) is 9.20. The number of benzene rings is 2. The molecule has 32 heavy (non-hydrogen) atoms. The van der Waals surface area contributed by atoms with Crippen LogP contribution in [0.5, 0.6) is 0 Å². The van der Waals surface area contributed by atoms with Crippen LogP contribution in [0.3, 0.4) is 0 Å². The van der Waals surface area contributed by atoms with Crippen molar-refractivity contribution in [3.63, 3.8) is 0 Å². The molecule has 0 fully saturated rings. The Bertz CT molecular complexity index is 717. The number of hydrogen-bond donors (Lipinski definition) is 0. The normalized spacial score (nSPS) is 9.81. The van der Waals surface area contributed by atoms with Gasteiger partial charge >= 0.3 is 29.6 Å². The number of halogens is 2. The SMILES string of the molecule is CCCCCc1cc(C)c(Br)c(C)c1.CSCCCCc1cc(C)c(Br)c(C)c1.C[S-].[Na+]. The number of unbranched alkanes of at least 4 members (excludes halogenated alkanes) is 3. The van der Waals surface area contributed by atoms with Gasteiger partial charge in [-0.05, 0) is 105 Å². The summed E-state index contributed by atoms with van der Waals surface area (Å²) in [6.07, 6.45) is 12.8. The Morgan fingerprint density at radius 2 is 1.03 bits per heavy atom. The monoisotopic (exact) mass is 610 g/mol. The average molecular weight is 613 g/mol. The van der Waals surface area contributed by atoms with Crippen LogP contribution in [0.1, 0.15) is 72.4 Å². The number of hydrogen-bond acceptors (Lipinski definition) is 2. The van der Waals surface area contributed by atoms with Crippen LogP contribution in [0.2, 0.25) is 0 Å². The molecule has 0 aliphatic rings. The third kappa shape index (κ3) is 14.5. The van der Waals surface area contributed by atoms with Crippen LogP contribution in [0.15, 0.2) is 33.2 Å². The van der Waals surface area contributed by atoms with E-state index in [-0.39, 0.29) is 29.6 Å². The van der Waals surface area contributed by atoms with E-state index in [4.69, 9.17) is 0 Å². The largest absolute Gasteiger partial charge is 1.00 e. The summed E-state index contributed by atoms with van der Waals surface area (Å²) in [6.45, 7) is 10.9. The van der Waals surface area contributed by atoms with E-state index in [1.54, 1.807) is 6.26 Å². The van der Waals surface area contributed by atoms with E-state index in [9.17, 15) is 0 Å². The van der Waals surface area contributed by atoms with Gasteiger partial charge in [-0.2, -0.15) is 18.0 Å². The Morgan fingerprint density at radius 1 is 0.688 bits per heavy atom. The zero-order chi connectivity index (χ0) is 23.8. The van der Waals surface area contributed by atoms with E-state index in [0.29, 0.717) is 0 Å². The Balaban J connectivity index is 0. The standard InChI is InChI=1S/C13H19BrS.C13H19Br.CH4S.Na/c1-10-8-12(6-4-5-7-15-3)9-11(2)13(10)14;1-4-5-6-7-12-8-10(2)13(14)11(3)9-12;1-2;/h8-9H,4-7H2,1-3H3;8-9H,4-7H2,1-3H3;2H,1H3;/q;;;+1/p-1. The number of aryl methyl sites for hydroxylation is 6. The first-order valence-corrected chi connectivity index (χ1v) is 15.0. The first kappa shape index (κ1) is 35.3. The molecule has 5 heteroatoms. The molecule has 2 rings (SSSR count). The van der Waals surface area contributed by atoms with Gasteiger partial charge in [-0.25, -0.2) is 0 Å². The quantitative estimate of drug-likeness (QED) is 0.175.